The average molecular weight is 442 g/mol. The molecule has 0 radical (unpaired) electrons. The highest BCUT2D eigenvalue weighted by atomic mass is 35.5. The number of thiazole rings is 1. The molecule has 0 aliphatic carbocycles. The predicted molar refractivity (Wildman–Crippen MR) is 118 cm³/mol. The predicted octanol–water partition coefficient (Wildman–Crippen LogP) is 5.02. The van der Waals surface area contributed by atoms with Crippen molar-refractivity contribution >= 4 is 45.6 Å². The molecule has 1 aliphatic rings. The number of benzene rings is 2. The first-order chi connectivity index (χ1) is 14.6. The van der Waals surface area contributed by atoms with Gasteiger partial charge in [-0.15, -0.1) is 11.3 Å². The van der Waals surface area contributed by atoms with Crippen molar-refractivity contribution in [1.82, 2.24) is 9.88 Å². The van der Waals surface area contributed by atoms with Crippen LogP contribution in [0, 0.1) is 0 Å². The zero-order valence-electron chi connectivity index (χ0n) is 16.4. The van der Waals surface area contributed by atoms with Gasteiger partial charge in [0.05, 0.1) is 17.8 Å². The number of likely N-dealkylation sites (tertiary alicyclic amines) is 1. The van der Waals surface area contributed by atoms with Crippen LogP contribution in [-0.2, 0) is 0 Å². The van der Waals surface area contributed by atoms with Gasteiger partial charge >= 0.3 is 0 Å². The highest BCUT2D eigenvalue weighted by Crippen LogP contribution is 2.35. The van der Waals surface area contributed by atoms with Gasteiger partial charge in [-0.2, -0.15) is 0 Å². The maximum atomic E-state index is 13.4. The molecule has 0 spiro atoms. The first kappa shape index (κ1) is 20.4. The minimum Gasteiger partial charge on any atom is -0.495 e. The fraction of sp³-hybridized carbons (Fsp3) is 0.227. The summed E-state index contributed by atoms with van der Waals surface area (Å²) in [5.41, 5.74) is 1.41. The molecule has 1 fully saturated rings. The summed E-state index contributed by atoms with van der Waals surface area (Å²) in [6, 6.07) is 14.0. The van der Waals surface area contributed by atoms with Crippen molar-refractivity contribution in [3.63, 3.8) is 0 Å². The molecule has 8 heteroatoms. The van der Waals surface area contributed by atoms with Gasteiger partial charge in [0.15, 0.2) is 5.13 Å². The maximum Gasteiger partial charge on any atom is 0.273 e. The number of rotatable bonds is 5. The molecule has 154 valence electrons. The number of carbonyl (C=O) groups excluding carboxylic acids is 2. The van der Waals surface area contributed by atoms with Crippen LogP contribution in [0.5, 0.6) is 5.75 Å². The van der Waals surface area contributed by atoms with Crippen LogP contribution >= 0.6 is 22.9 Å². The Labute approximate surface area is 183 Å². The number of methoxy groups -OCH3 is 1. The van der Waals surface area contributed by atoms with E-state index in [1.807, 2.05) is 6.07 Å². The van der Waals surface area contributed by atoms with E-state index >= 15 is 0 Å². The van der Waals surface area contributed by atoms with Gasteiger partial charge in [0, 0.05) is 30.1 Å². The second kappa shape index (κ2) is 8.85. The Morgan fingerprint density at radius 1 is 1.13 bits per heavy atom. The molecule has 0 bridgehead atoms. The van der Waals surface area contributed by atoms with Gasteiger partial charge in [-0.1, -0.05) is 29.8 Å². The molecule has 30 heavy (non-hydrogen) atoms. The van der Waals surface area contributed by atoms with Crippen LogP contribution in [0.3, 0.4) is 0 Å². The number of halogens is 1. The van der Waals surface area contributed by atoms with Crippen LogP contribution in [0.25, 0.3) is 0 Å². The third kappa shape index (κ3) is 4.04. The van der Waals surface area contributed by atoms with Crippen molar-refractivity contribution in [2.24, 2.45) is 0 Å². The van der Waals surface area contributed by atoms with E-state index in [1.54, 1.807) is 52.7 Å². The summed E-state index contributed by atoms with van der Waals surface area (Å²) in [5.74, 6) is 0.0928. The van der Waals surface area contributed by atoms with Crippen molar-refractivity contribution < 1.29 is 14.3 Å². The SMILES string of the molecule is COc1cc(N(C(=O)c2ccccc2)c2nc(C(=O)N3CCCC3)cs2)ccc1Cl. The van der Waals surface area contributed by atoms with Crippen molar-refractivity contribution in [1.29, 1.82) is 0 Å². The average Bonchev–Trinajstić information content (AvgIpc) is 3.48. The Morgan fingerprint density at radius 2 is 1.87 bits per heavy atom. The van der Waals surface area contributed by atoms with Crippen LogP contribution in [0.2, 0.25) is 5.02 Å². The molecule has 0 atom stereocenters. The minimum atomic E-state index is -0.255. The Morgan fingerprint density at radius 3 is 2.57 bits per heavy atom. The summed E-state index contributed by atoms with van der Waals surface area (Å²) in [6.45, 7) is 1.49. The van der Waals surface area contributed by atoms with E-state index in [-0.39, 0.29) is 11.8 Å². The lowest BCUT2D eigenvalue weighted by Crippen LogP contribution is -2.29. The lowest BCUT2D eigenvalue weighted by Gasteiger charge is -2.21. The number of hydrogen-bond donors (Lipinski definition) is 0. The molecular weight excluding hydrogens is 422 g/mol. The molecule has 0 unspecified atom stereocenters. The van der Waals surface area contributed by atoms with Gasteiger partial charge < -0.3 is 9.64 Å². The summed E-state index contributed by atoms with van der Waals surface area (Å²) in [4.78, 5) is 33.9. The van der Waals surface area contributed by atoms with Crippen LogP contribution in [0.15, 0.2) is 53.9 Å². The number of hydrogen-bond acceptors (Lipinski definition) is 5. The fourth-order valence-electron chi connectivity index (χ4n) is 3.36. The smallest absolute Gasteiger partial charge is 0.273 e. The van der Waals surface area contributed by atoms with E-state index in [2.05, 4.69) is 4.98 Å². The lowest BCUT2D eigenvalue weighted by atomic mass is 10.2. The van der Waals surface area contributed by atoms with Gasteiger partial charge in [-0.05, 0) is 37.1 Å². The standard InChI is InChI=1S/C22H20ClN3O3S/c1-29-19-13-16(9-10-17(19)23)26(20(27)15-7-3-2-4-8-15)22-24-18(14-30-22)21(28)25-11-5-6-12-25/h2-4,7-10,13-14H,5-6,11-12H2,1H3. The van der Waals surface area contributed by atoms with E-state index in [9.17, 15) is 9.59 Å². The highest BCUT2D eigenvalue weighted by Gasteiger charge is 2.27. The first-order valence-corrected chi connectivity index (χ1v) is 10.8. The van der Waals surface area contributed by atoms with E-state index in [0.29, 0.717) is 32.8 Å². The molecule has 4 rings (SSSR count). The van der Waals surface area contributed by atoms with E-state index < -0.39 is 0 Å². The summed E-state index contributed by atoms with van der Waals surface area (Å²) in [5, 5.41) is 2.56. The summed E-state index contributed by atoms with van der Waals surface area (Å²) < 4.78 is 5.32. The molecule has 1 saturated heterocycles. The van der Waals surface area contributed by atoms with Crippen LogP contribution in [-0.4, -0.2) is 41.9 Å². The zero-order valence-corrected chi connectivity index (χ0v) is 17.9. The Bertz CT molecular complexity index is 1060. The lowest BCUT2D eigenvalue weighted by molar-refractivity contribution is 0.0787. The summed E-state index contributed by atoms with van der Waals surface area (Å²) in [7, 11) is 1.52. The van der Waals surface area contributed by atoms with Crippen molar-refractivity contribution in [3.8, 4) is 5.75 Å². The highest BCUT2D eigenvalue weighted by molar-refractivity contribution is 7.14. The Kier molecular flexibility index (Phi) is 6.01. The molecule has 6 nitrogen and oxygen atoms in total. The van der Waals surface area contributed by atoms with Crippen LogP contribution in [0.1, 0.15) is 33.7 Å². The fourth-order valence-corrected chi connectivity index (χ4v) is 4.37. The van der Waals surface area contributed by atoms with E-state index in [0.717, 1.165) is 25.9 Å². The quantitative estimate of drug-likeness (QED) is 0.557. The molecule has 1 aromatic heterocycles. The Balaban J connectivity index is 1.74. The van der Waals surface area contributed by atoms with Gasteiger partial charge in [0.2, 0.25) is 0 Å². The molecule has 1 aliphatic heterocycles. The van der Waals surface area contributed by atoms with Crippen molar-refractivity contribution in [2.45, 2.75) is 12.8 Å². The number of nitrogens with zero attached hydrogens (tertiary/aromatic N) is 3. The number of ether oxygens (including phenoxy) is 1. The molecule has 0 N–H and O–H groups in total. The number of amides is 2. The summed E-state index contributed by atoms with van der Waals surface area (Å²) >= 11 is 7.42. The van der Waals surface area contributed by atoms with Gasteiger partial charge in [0.1, 0.15) is 11.4 Å². The second-order valence-electron chi connectivity index (χ2n) is 6.84. The maximum absolute atomic E-state index is 13.4. The molecule has 0 saturated carbocycles. The molecule has 3 aromatic rings. The van der Waals surface area contributed by atoms with Gasteiger partial charge in [-0.25, -0.2) is 4.98 Å². The molecular formula is C22H20ClN3O3S. The number of anilines is 2. The third-order valence-electron chi connectivity index (χ3n) is 4.91. The summed E-state index contributed by atoms with van der Waals surface area (Å²) in [6.07, 6.45) is 2.01. The third-order valence-corrected chi connectivity index (χ3v) is 6.05. The van der Waals surface area contributed by atoms with Crippen LogP contribution < -0.4 is 9.64 Å². The normalized spacial score (nSPS) is 13.3. The van der Waals surface area contributed by atoms with Gasteiger partial charge in [-0.3, -0.25) is 14.5 Å². The largest absolute Gasteiger partial charge is 0.495 e. The second-order valence-corrected chi connectivity index (χ2v) is 8.08. The number of aromatic nitrogens is 1. The van der Waals surface area contributed by atoms with E-state index in [4.69, 9.17) is 16.3 Å². The minimum absolute atomic E-state index is 0.101. The Hall–Kier alpha value is -2.90. The van der Waals surface area contributed by atoms with Gasteiger partial charge in [0.25, 0.3) is 11.8 Å². The molecule has 2 heterocycles. The molecule has 2 amide bonds. The van der Waals surface area contributed by atoms with E-state index in [1.165, 1.54) is 23.3 Å². The molecule has 2 aromatic carbocycles. The number of carbonyl (C=O) groups is 2. The monoisotopic (exact) mass is 441 g/mol. The van der Waals surface area contributed by atoms with Crippen LogP contribution in [0.4, 0.5) is 10.8 Å². The van der Waals surface area contributed by atoms with Crippen molar-refractivity contribution in [3.05, 3.63) is 70.2 Å². The topological polar surface area (TPSA) is 62.7 Å². The zero-order chi connectivity index (χ0) is 21.1. The van der Waals surface area contributed by atoms with Crippen molar-refractivity contribution in [2.75, 3.05) is 25.1 Å². The first-order valence-electron chi connectivity index (χ1n) is 9.56.